The molecule has 70 valence electrons. The van der Waals surface area contributed by atoms with Crippen molar-refractivity contribution in [3.8, 4) is 0 Å². The zero-order valence-corrected chi connectivity index (χ0v) is 9.96. The van der Waals surface area contributed by atoms with E-state index >= 15 is 0 Å². The van der Waals surface area contributed by atoms with Crippen molar-refractivity contribution in [2.45, 2.75) is 13.3 Å². The largest absolute Gasteiger partial charge is 1.00 e. The van der Waals surface area contributed by atoms with Crippen molar-refractivity contribution >= 4 is 17.7 Å². The third kappa shape index (κ3) is 6.74. The number of rotatable bonds is 4. The van der Waals surface area contributed by atoms with Crippen LogP contribution in [0.15, 0.2) is 0 Å². The summed E-state index contributed by atoms with van der Waals surface area (Å²) >= 11 is 0. The predicted octanol–water partition coefficient (Wildman–Crippen LogP) is -3.20. The van der Waals surface area contributed by atoms with Crippen molar-refractivity contribution in [2.24, 2.45) is 0 Å². The fourth-order valence-corrected chi connectivity index (χ4v) is 0.529. The van der Waals surface area contributed by atoms with Crippen LogP contribution in [-0.4, -0.2) is 31.4 Å². The standard InChI is InChI=1S/C7H10O5.Na.H/c1-3-12-6(9)4-5(8)7(10)11-2;;/h3-4H2,1-2H3;;/q;+1;-1. The molecule has 0 aromatic carbocycles. The summed E-state index contributed by atoms with van der Waals surface area (Å²) in [4.78, 5) is 31.8. The van der Waals surface area contributed by atoms with Gasteiger partial charge in [-0.25, -0.2) is 4.79 Å². The number of carbonyl (C=O) groups excluding carboxylic acids is 3. The Bertz CT molecular complexity index is 206. The molecule has 0 saturated carbocycles. The maximum atomic E-state index is 10.7. The van der Waals surface area contributed by atoms with E-state index < -0.39 is 24.1 Å². The molecule has 0 aliphatic carbocycles. The SMILES string of the molecule is CCOC(=O)CC(=O)C(=O)OC.[H-].[Na+]. The minimum atomic E-state index is -1.02. The molecule has 0 aliphatic rings. The van der Waals surface area contributed by atoms with Gasteiger partial charge in [0.1, 0.15) is 6.42 Å². The Kier molecular flexibility index (Phi) is 9.55. The van der Waals surface area contributed by atoms with E-state index in [1.165, 1.54) is 0 Å². The van der Waals surface area contributed by atoms with Crippen molar-refractivity contribution in [2.75, 3.05) is 13.7 Å². The van der Waals surface area contributed by atoms with Gasteiger partial charge in [-0.05, 0) is 6.92 Å². The first-order valence-electron chi connectivity index (χ1n) is 3.38. The third-order valence-corrected chi connectivity index (χ3v) is 1.02. The summed E-state index contributed by atoms with van der Waals surface area (Å²) in [6.07, 6.45) is -0.555. The summed E-state index contributed by atoms with van der Waals surface area (Å²) in [5.74, 6) is -2.63. The topological polar surface area (TPSA) is 69.7 Å². The third-order valence-electron chi connectivity index (χ3n) is 1.02. The van der Waals surface area contributed by atoms with Crippen LogP contribution in [-0.2, 0) is 23.9 Å². The molecule has 6 heteroatoms. The molecule has 0 heterocycles. The molecule has 0 N–H and O–H groups in total. The van der Waals surface area contributed by atoms with Crippen molar-refractivity contribution in [3.05, 3.63) is 0 Å². The van der Waals surface area contributed by atoms with Crippen LogP contribution in [0.3, 0.4) is 0 Å². The molecule has 0 fully saturated rings. The number of methoxy groups -OCH3 is 1. The normalized spacial score (nSPS) is 8.15. The minimum absolute atomic E-state index is 0. The van der Waals surface area contributed by atoms with Crippen molar-refractivity contribution < 1.29 is 54.8 Å². The van der Waals surface area contributed by atoms with Gasteiger partial charge in [0, 0.05) is 0 Å². The van der Waals surface area contributed by atoms with E-state index in [0.29, 0.717) is 0 Å². The molecule has 0 aromatic rings. The molecule has 5 nitrogen and oxygen atoms in total. The molecule has 0 unspecified atom stereocenters. The van der Waals surface area contributed by atoms with Crippen LogP contribution in [0.5, 0.6) is 0 Å². The zero-order valence-electron chi connectivity index (χ0n) is 8.96. The number of hydrogen-bond donors (Lipinski definition) is 0. The van der Waals surface area contributed by atoms with Crippen molar-refractivity contribution in [1.29, 1.82) is 0 Å². The van der Waals surface area contributed by atoms with E-state index in [2.05, 4.69) is 9.47 Å². The number of ether oxygens (including phenoxy) is 2. The van der Waals surface area contributed by atoms with Crippen LogP contribution in [0.4, 0.5) is 0 Å². The quantitative estimate of drug-likeness (QED) is 0.206. The van der Waals surface area contributed by atoms with E-state index in [9.17, 15) is 14.4 Å². The summed E-state index contributed by atoms with van der Waals surface area (Å²) in [7, 11) is 1.07. The average Bonchev–Trinajstić information content (AvgIpc) is 2.03. The fraction of sp³-hybridized carbons (Fsp3) is 0.571. The summed E-state index contributed by atoms with van der Waals surface area (Å²) in [6.45, 7) is 1.80. The molecule has 0 saturated heterocycles. The Morgan fingerprint density at radius 3 is 2.23 bits per heavy atom. The number of esters is 2. The van der Waals surface area contributed by atoms with Gasteiger partial charge >= 0.3 is 41.5 Å². The minimum Gasteiger partial charge on any atom is -1.00 e. The van der Waals surface area contributed by atoms with Gasteiger partial charge < -0.3 is 10.9 Å². The monoisotopic (exact) mass is 198 g/mol. The molecule has 0 spiro atoms. The first-order chi connectivity index (χ1) is 5.61. The summed E-state index contributed by atoms with van der Waals surface area (Å²) < 4.78 is 8.53. The van der Waals surface area contributed by atoms with Crippen LogP contribution in [0.2, 0.25) is 0 Å². The van der Waals surface area contributed by atoms with E-state index in [0.717, 1.165) is 7.11 Å². The fourth-order valence-electron chi connectivity index (χ4n) is 0.529. The summed E-state index contributed by atoms with van der Waals surface area (Å²) in [5, 5.41) is 0. The molecule has 13 heavy (non-hydrogen) atoms. The van der Waals surface area contributed by atoms with Crippen molar-refractivity contribution in [1.82, 2.24) is 0 Å². The molecule has 0 atom stereocenters. The van der Waals surface area contributed by atoms with Crippen LogP contribution in [0.1, 0.15) is 14.8 Å². The Morgan fingerprint density at radius 1 is 1.31 bits per heavy atom. The second-order valence-electron chi connectivity index (χ2n) is 1.90. The summed E-state index contributed by atoms with van der Waals surface area (Å²) in [6, 6.07) is 0. The van der Waals surface area contributed by atoms with Crippen LogP contribution >= 0.6 is 0 Å². The van der Waals surface area contributed by atoms with Crippen LogP contribution in [0.25, 0.3) is 0 Å². The maximum Gasteiger partial charge on any atom is 1.00 e. The number of Topliss-reactive ketones (excluding diaryl/α,β-unsaturated/α-hetero) is 1. The van der Waals surface area contributed by atoms with E-state index in [4.69, 9.17) is 0 Å². The van der Waals surface area contributed by atoms with Gasteiger partial charge in [-0.3, -0.25) is 9.59 Å². The van der Waals surface area contributed by atoms with E-state index in [1.54, 1.807) is 6.92 Å². The molecule has 0 radical (unpaired) electrons. The number of carbonyl (C=O) groups is 3. The molecule has 0 rings (SSSR count). The van der Waals surface area contributed by atoms with Crippen molar-refractivity contribution in [3.63, 3.8) is 0 Å². The molecule has 0 bridgehead atoms. The summed E-state index contributed by atoms with van der Waals surface area (Å²) in [5.41, 5.74) is 0. The van der Waals surface area contributed by atoms with Gasteiger partial charge in [-0.1, -0.05) is 0 Å². The maximum absolute atomic E-state index is 10.7. The number of ketones is 1. The second-order valence-corrected chi connectivity index (χ2v) is 1.90. The van der Waals surface area contributed by atoms with Gasteiger partial charge in [0.05, 0.1) is 13.7 Å². The molecule has 0 amide bonds. The Morgan fingerprint density at radius 2 is 1.85 bits per heavy atom. The Labute approximate surface area is 99.5 Å². The smallest absolute Gasteiger partial charge is 1.00 e. The molecular formula is C7H11NaO5. The Hall–Kier alpha value is -0.390. The molecule has 0 aliphatic heterocycles. The first-order valence-corrected chi connectivity index (χ1v) is 3.38. The van der Waals surface area contributed by atoms with Crippen LogP contribution in [0, 0.1) is 0 Å². The van der Waals surface area contributed by atoms with Gasteiger partial charge in [-0.2, -0.15) is 0 Å². The van der Waals surface area contributed by atoms with E-state index in [-0.39, 0.29) is 37.6 Å². The zero-order chi connectivity index (χ0) is 9.56. The average molecular weight is 198 g/mol. The van der Waals surface area contributed by atoms with Crippen LogP contribution < -0.4 is 29.6 Å². The van der Waals surface area contributed by atoms with Gasteiger partial charge in [0.15, 0.2) is 0 Å². The second kappa shape index (κ2) is 8.22. The molecular weight excluding hydrogens is 187 g/mol. The molecule has 0 aromatic heterocycles. The van der Waals surface area contributed by atoms with Gasteiger partial charge in [-0.15, -0.1) is 0 Å². The van der Waals surface area contributed by atoms with Gasteiger partial charge in [0.25, 0.3) is 5.78 Å². The van der Waals surface area contributed by atoms with E-state index in [1.807, 2.05) is 0 Å². The predicted molar refractivity (Wildman–Crippen MR) is 39.4 cm³/mol. The Balaban J connectivity index is -0.000000605. The number of hydrogen-bond acceptors (Lipinski definition) is 5. The first kappa shape index (κ1) is 15.1. The van der Waals surface area contributed by atoms with Gasteiger partial charge in [0.2, 0.25) is 0 Å².